The van der Waals surface area contributed by atoms with Crippen molar-refractivity contribution in [3.05, 3.63) is 13.2 Å². The molecule has 1 atom stereocenters. The van der Waals surface area contributed by atoms with E-state index in [0.29, 0.717) is 13.0 Å². The number of hydrogen-bond donors (Lipinski definition) is 1. The van der Waals surface area contributed by atoms with Crippen molar-refractivity contribution in [3.63, 3.8) is 0 Å². The summed E-state index contributed by atoms with van der Waals surface area (Å²) < 4.78 is 5.04. The molecule has 0 saturated carbocycles. The van der Waals surface area contributed by atoms with E-state index in [-0.39, 0.29) is 25.7 Å². The van der Waals surface area contributed by atoms with Crippen molar-refractivity contribution < 1.29 is 20.5 Å². The number of hydrogen-bond acceptors (Lipinski definition) is 4. The first kappa shape index (κ1) is 26.4. The Bertz CT molecular complexity index is 434. The summed E-state index contributed by atoms with van der Waals surface area (Å²) in [6.45, 7) is 17.6. The molecular formula is C20H40N2O4. The highest BCUT2D eigenvalue weighted by atomic mass is 16.6. The summed E-state index contributed by atoms with van der Waals surface area (Å²) in [5.41, 5.74) is -0.595. The standard InChI is InChI=1S/C13H22N2O4.C5H12.C2H4.H2/c1-9(16)10-6-5-7-15(10)11(17)8-14-12(18)19-13(2,3)4;1-3-5-4-2;1-2;/h10H,5-8H2,1-4H3,(H,14,18);3-5H2,1-2H3;1-2H2;1H/t10-;;;/m0.../s1. The second-order valence-electron chi connectivity index (χ2n) is 7.06. The summed E-state index contributed by atoms with van der Waals surface area (Å²) in [5, 5.41) is 2.41. The maximum atomic E-state index is 11.9. The fourth-order valence-corrected chi connectivity index (χ4v) is 2.40. The molecule has 0 unspecified atom stereocenters. The Kier molecular flexibility index (Phi) is 14.5. The van der Waals surface area contributed by atoms with Gasteiger partial charge in [-0.1, -0.05) is 33.1 Å². The van der Waals surface area contributed by atoms with Gasteiger partial charge >= 0.3 is 6.09 Å². The lowest BCUT2D eigenvalue weighted by atomic mass is 10.1. The van der Waals surface area contributed by atoms with Crippen LogP contribution < -0.4 is 5.32 Å². The minimum absolute atomic E-state index is 0. The lowest BCUT2D eigenvalue weighted by Crippen LogP contribution is -2.45. The van der Waals surface area contributed by atoms with Gasteiger partial charge in [0.2, 0.25) is 5.91 Å². The fraction of sp³-hybridized carbons (Fsp3) is 0.750. The molecular weight excluding hydrogens is 332 g/mol. The molecule has 26 heavy (non-hydrogen) atoms. The van der Waals surface area contributed by atoms with E-state index in [1.807, 2.05) is 0 Å². The fourth-order valence-electron chi connectivity index (χ4n) is 2.40. The van der Waals surface area contributed by atoms with Crippen LogP contribution in [0, 0.1) is 0 Å². The number of alkyl carbamates (subject to hydrolysis) is 1. The zero-order valence-electron chi connectivity index (χ0n) is 17.5. The van der Waals surface area contributed by atoms with Crippen LogP contribution in [0.15, 0.2) is 13.2 Å². The molecule has 0 bridgehead atoms. The molecule has 0 radical (unpaired) electrons. The minimum Gasteiger partial charge on any atom is -0.444 e. The van der Waals surface area contributed by atoms with Crippen LogP contribution in [0.25, 0.3) is 0 Å². The molecule has 6 heteroatoms. The first-order chi connectivity index (χ1) is 12.1. The van der Waals surface area contributed by atoms with Crippen LogP contribution in [0.4, 0.5) is 4.79 Å². The van der Waals surface area contributed by atoms with Gasteiger partial charge in [0.25, 0.3) is 0 Å². The molecule has 1 rings (SSSR count). The maximum Gasteiger partial charge on any atom is 0.408 e. The Morgan fingerprint density at radius 3 is 2.12 bits per heavy atom. The highest BCUT2D eigenvalue weighted by molar-refractivity contribution is 5.89. The Hall–Kier alpha value is -1.85. The molecule has 1 heterocycles. The number of ketones is 1. The Labute approximate surface area is 160 Å². The summed E-state index contributed by atoms with van der Waals surface area (Å²) in [4.78, 5) is 36.3. The number of amides is 2. The quantitative estimate of drug-likeness (QED) is 0.729. The van der Waals surface area contributed by atoms with Crippen LogP contribution in [0.3, 0.4) is 0 Å². The lowest BCUT2D eigenvalue weighted by molar-refractivity contribution is -0.136. The molecule has 0 aromatic heterocycles. The molecule has 2 amide bonds. The number of carbonyl (C=O) groups excluding carboxylic acids is 3. The largest absolute Gasteiger partial charge is 0.444 e. The maximum absolute atomic E-state index is 11.9. The molecule has 1 aliphatic heterocycles. The number of unbranched alkanes of at least 4 members (excludes halogenated alkanes) is 2. The van der Waals surface area contributed by atoms with Gasteiger partial charge in [-0.25, -0.2) is 4.79 Å². The van der Waals surface area contributed by atoms with Crippen molar-refractivity contribution in [1.82, 2.24) is 10.2 Å². The number of nitrogens with zero attached hydrogens (tertiary/aromatic N) is 1. The van der Waals surface area contributed by atoms with Crippen LogP contribution in [0.1, 0.15) is 75.1 Å². The van der Waals surface area contributed by atoms with E-state index in [1.165, 1.54) is 31.1 Å². The van der Waals surface area contributed by atoms with Gasteiger partial charge in [0, 0.05) is 7.97 Å². The Morgan fingerprint density at radius 2 is 1.73 bits per heavy atom. The summed E-state index contributed by atoms with van der Waals surface area (Å²) in [6.07, 6.45) is 4.97. The number of rotatable bonds is 5. The average molecular weight is 373 g/mol. The van der Waals surface area contributed by atoms with Gasteiger partial charge in [0.15, 0.2) is 5.78 Å². The van der Waals surface area contributed by atoms with E-state index in [0.717, 1.165) is 6.42 Å². The van der Waals surface area contributed by atoms with Crippen LogP contribution in [0.5, 0.6) is 0 Å². The molecule has 0 aromatic rings. The third kappa shape index (κ3) is 12.5. The topological polar surface area (TPSA) is 75.7 Å². The highest BCUT2D eigenvalue weighted by Gasteiger charge is 2.31. The summed E-state index contributed by atoms with van der Waals surface area (Å²) in [6, 6.07) is -0.340. The van der Waals surface area contributed by atoms with Gasteiger partial charge in [0.05, 0.1) is 6.04 Å². The number of carbonyl (C=O) groups is 3. The van der Waals surface area contributed by atoms with Crippen molar-refractivity contribution in [3.8, 4) is 0 Å². The van der Waals surface area contributed by atoms with E-state index in [4.69, 9.17) is 4.74 Å². The van der Waals surface area contributed by atoms with Crippen LogP contribution in [-0.2, 0) is 14.3 Å². The SMILES string of the molecule is C=C.CC(=O)[C@@H]1CCCN1C(=O)CNC(=O)OC(C)(C)C.CCCCC.[HH]. The molecule has 0 spiro atoms. The van der Waals surface area contributed by atoms with Crippen molar-refractivity contribution in [2.45, 2.75) is 85.3 Å². The van der Waals surface area contributed by atoms with E-state index >= 15 is 0 Å². The van der Waals surface area contributed by atoms with Crippen LogP contribution in [0.2, 0.25) is 0 Å². The van der Waals surface area contributed by atoms with Crippen molar-refractivity contribution in [2.24, 2.45) is 0 Å². The van der Waals surface area contributed by atoms with Crippen molar-refractivity contribution in [2.75, 3.05) is 13.1 Å². The van der Waals surface area contributed by atoms with Gasteiger partial charge < -0.3 is 15.0 Å². The van der Waals surface area contributed by atoms with Gasteiger partial charge in [-0.05, 0) is 40.5 Å². The molecule has 1 saturated heterocycles. The number of nitrogens with one attached hydrogen (secondary N) is 1. The summed E-state index contributed by atoms with van der Waals surface area (Å²) in [7, 11) is 0. The Morgan fingerprint density at radius 1 is 1.19 bits per heavy atom. The van der Waals surface area contributed by atoms with E-state index in [1.54, 1.807) is 20.8 Å². The van der Waals surface area contributed by atoms with Crippen molar-refractivity contribution >= 4 is 17.8 Å². The summed E-state index contributed by atoms with van der Waals surface area (Å²) >= 11 is 0. The van der Waals surface area contributed by atoms with E-state index < -0.39 is 11.7 Å². The normalized spacial score (nSPS) is 15.8. The van der Waals surface area contributed by atoms with Gasteiger partial charge in [0.1, 0.15) is 12.1 Å². The first-order valence-corrected chi connectivity index (χ1v) is 9.39. The predicted octanol–water partition coefficient (Wildman–Crippen LogP) is 4.34. The average Bonchev–Trinajstić information content (AvgIpc) is 3.04. The molecule has 1 fully saturated rings. The minimum atomic E-state index is -0.626. The van der Waals surface area contributed by atoms with Crippen LogP contribution in [-0.4, -0.2) is 47.4 Å². The van der Waals surface area contributed by atoms with E-state index in [2.05, 4.69) is 32.3 Å². The summed E-state index contributed by atoms with van der Waals surface area (Å²) in [5.74, 6) is -0.258. The molecule has 0 aromatic carbocycles. The highest BCUT2D eigenvalue weighted by Crippen LogP contribution is 2.17. The predicted molar refractivity (Wildman–Crippen MR) is 108 cm³/mol. The van der Waals surface area contributed by atoms with Gasteiger partial charge in [-0.15, -0.1) is 13.2 Å². The zero-order chi connectivity index (χ0) is 20.8. The molecule has 154 valence electrons. The van der Waals surface area contributed by atoms with Crippen molar-refractivity contribution in [1.29, 1.82) is 0 Å². The zero-order valence-corrected chi connectivity index (χ0v) is 17.5. The third-order valence-electron chi connectivity index (χ3n) is 3.53. The number of likely N-dealkylation sites (tertiary alicyclic amines) is 1. The molecule has 0 aliphatic carbocycles. The third-order valence-corrected chi connectivity index (χ3v) is 3.53. The molecule has 1 N–H and O–H groups in total. The number of Topliss-reactive ketones (excluding diaryl/α,β-unsaturated/α-hetero) is 1. The first-order valence-electron chi connectivity index (χ1n) is 9.39. The Balaban J connectivity index is -0.000000623. The smallest absolute Gasteiger partial charge is 0.408 e. The monoisotopic (exact) mass is 372 g/mol. The molecule has 1 aliphatic rings. The second-order valence-corrected chi connectivity index (χ2v) is 7.06. The van der Waals surface area contributed by atoms with Gasteiger partial charge in [-0.2, -0.15) is 0 Å². The van der Waals surface area contributed by atoms with Gasteiger partial charge in [-0.3, -0.25) is 9.59 Å². The molecule has 6 nitrogen and oxygen atoms in total. The lowest BCUT2D eigenvalue weighted by Gasteiger charge is -2.23. The number of ether oxygens (including phenoxy) is 1. The van der Waals surface area contributed by atoms with E-state index in [9.17, 15) is 14.4 Å². The second kappa shape index (κ2) is 14.3. The van der Waals surface area contributed by atoms with Crippen LogP contribution >= 0.6 is 0 Å².